The first-order chi connectivity index (χ1) is 10.2. The van der Waals surface area contributed by atoms with E-state index in [2.05, 4.69) is 16.8 Å². The van der Waals surface area contributed by atoms with E-state index in [-0.39, 0.29) is 12.4 Å². The van der Waals surface area contributed by atoms with Crippen molar-refractivity contribution in [3.05, 3.63) is 65.2 Å². The lowest BCUT2D eigenvalue weighted by molar-refractivity contribution is 0.310. The Morgan fingerprint density at radius 1 is 1.24 bits per heavy atom. The first-order valence-corrected chi connectivity index (χ1v) is 6.75. The number of aromatic nitrogens is 1. The average molecular weight is 283 g/mol. The number of pyridine rings is 1. The fraction of sp³-hybridized carbons (Fsp3) is 0.235. The van der Waals surface area contributed by atoms with Crippen molar-refractivity contribution in [2.24, 2.45) is 5.73 Å². The van der Waals surface area contributed by atoms with Crippen molar-refractivity contribution >= 4 is 0 Å². The lowest BCUT2D eigenvalue weighted by Crippen LogP contribution is -2.18. The zero-order valence-electron chi connectivity index (χ0n) is 12.0. The van der Waals surface area contributed by atoms with E-state index in [0.29, 0.717) is 24.2 Å². The van der Waals surface area contributed by atoms with Crippen LogP contribution in [0, 0.1) is 17.7 Å². The quantitative estimate of drug-likeness (QED) is 0.874. The van der Waals surface area contributed by atoms with Gasteiger partial charge < -0.3 is 5.73 Å². The average Bonchev–Trinajstić information content (AvgIpc) is 2.48. The molecular formula is C17H18FN3. The third kappa shape index (κ3) is 4.67. The highest BCUT2D eigenvalue weighted by atomic mass is 19.1. The van der Waals surface area contributed by atoms with Gasteiger partial charge in [0.1, 0.15) is 5.82 Å². The van der Waals surface area contributed by atoms with Gasteiger partial charge >= 0.3 is 0 Å². The number of nitrogens with two attached hydrogens (primary N) is 1. The Morgan fingerprint density at radius 3 is 2.76 bits per heavy atom. The zero-order valence-corrected chi connectivity index (χ0v) is 12.0. The molecule has 108 valence electrons. The van der Waals surface area contributed by atoms with E-state index >= 15 is 0 Å². The van der Waals surface area contributed by atoms with Crippen LogP contribution in [-0.4, -0.2) is 23.5 Å². The third-order valence-corrected chi connectivity index (χ3v) is 2.99. The van der Waals surface area contributed by atoms with E-state index in [1.807, 2.05) is 36.2 Å². The van der Waals surface area contributed by atoms with Gasteiger partial charge in [0.05, 0.1) is 12.2 Å². The van der Waals surface area contributed by atoms with Gasteiger partial charge in [0.25, 0.3) is 0 Å². The minimum absolute atomic E-state index is 0.244. The van der Waals surface area contributed by atoms with Gasteiger partial charge in [-0.25, -0.2) is 4.39 Å². The highest BCUT2D eigenvalue weighted by Gasteiger charge is 2.07. The summed E-state index contributed by atoms with van der Waals surface area (Å²) in [5, 5.41) is 0. The maximum Gasteiger partial charge on any atom is 0.128 e. The van der Waals surface area contributed by atoms with Crippen molar-refractivity contribution in [2.45, 2.75) is 13.1 Å². The van der Waals surface area contributed by atoms with Crippen LogP contribution in [-0.2, 0) is 13.1 Å². The molecule has 0 saturated heterocycles. The van der Waals surface area contributed by atoms with Crippen molar-refractivity contribution in [2.75, 3.05) is 13.6 Å². The van der Waals surface area contributed by atoms with Gasteiger partial charge in [0.2, 0.25) is 0 Å². The van der Waals surface area contributed by atoms with Crippen LogP contribution >= 0.6 is 0 Å². The molecule has 0 aliphatic carbocycles. The third-order valence-electron chi connectivity index (χ3n) is 2.99. The van der Waals surface area contributed by atoms with Crippen LogP contribution in [0.15, 0.2) is 42.6 Å². The molecule has 1 aromatic carbocycles. The van der Waals surface area contributed by atoms with Crippen molar-refractivity contribution in [1.29, 1.82) is 0 Å². The van der Waals surface area contributed by atoms with Gasteiger partial charge in [-0.3, -0.25) is 9.88 Å². The van der Waals surface area contributed by atoms with Crippen molar-refractivity contribution in [3.63, 3.8) is 0 Å². The molecule has 3 nitrogen and oxygen atoms in total. The Kier molecular flexibility index (Phi) is 5.44. The second-order valence-electron chi connectivity index (χ2n) is 4.81. The van der Waals surface area contributed by atoms with E-state index in [4.69, 9.17) is 5.73 Å². The summed E-state index contributed by atoms with van der Waals surface area (Å²) in [6.07, 6.45) is 1.76. The number of rotatable bonds is 4. The van der Waals surface area contributed by atoms with Crippen LogP contribution in [0.25, 0.3) is 0 Å². The standard InChI is InChI=1S/C17H18FN3/c1-21(13-16-6-2-3-10-20-16)12-15-8-7-14(5-4-9-19)11-17(15)18/h2-3,6-8,10-11H,9,12-13,19H2,1H3. The molecule has 0 aliphatic heterocycles. The predicted molar refractivity (Wildman–Crippen MR) is 81.7 cm³/mol. The van der Waals surface area contributed by atoms with Gasteiger partial charge in [-0.05, 0) is 31.3 Å². The molecule has 1 heterocycles. The summed E-state index contributed by atoms with van der Waals surface area (Å²) in [7, 11) is 1.94. The molecule has 2 rings (SSSR count). The summed E-state index contributed by atoms with van der Waals surface area (Å²) in [5.41, 5.74) is 7.56. The van der Waals surface area contributed by atoms with E-state index in [1.165, 1.54) is 6.07 Å². The number of benzene rings is 1. The largest absolute Gasteiger partial charge is 0.320 e. The van der Waals surface area contributed by atoms with Crippen LogP contribution in [0.3, 0.4) is 0 Å². The van der Waals surface area contributed by atoms with Gasteiger partial charge in [-0.15, -0.1) is 0 Å². The van der Waals surface area contributed by atoms with Gasteiger partial charge in [-0.2, -0.15) is 0 Å². The van der Waals surface area contributed by atoms with E-state index in [0.717, 1.165) is 5.69 Å². The molecule has 0 amide bonds. The molecule has 0 unspecified atom stereocenters. The van der Waals surface area contributed by atoms with Crippen molar-refractivity contribution < 1.29 is 4.39 Å². The monoisotopic (exact) mass is 283 g/mol. The van der Waals surface area contributed by atoms with E-state index < -0.39 is 0 Å². The Balaban J connectivity index is 2.02. The Bertz CT molecular complexity index is 644. The van der Waals surface area contributed by atoms with E-state index in [1.54, 1.807) is 12.3 Å². The number of nitrogens with zero attached hydrogens (tertiary/aromatic N) is 2. The van der Waals surface area contributed by atoms with Gasteiger partial charge in [0.15, 0.2) is 0 Å². The minimum Gasteiger partial charge on any atom is -0.320 e. The molecule has 0 aliphatic rings. The second-order valence-corrected chi connectivity index (χ2v) is 4.81. The van der Waals surface area contributed by atoms with Crippen LogP contribution < -0.4 is 5.73 Å². The van der Waals surface area contributed by atoms with Crippen LogP contribution in [0.2, 0.25) is 0 Å². The first-order valence-electron chi connectivity index (χ1n) is 6.75. The summed E-state index contributed by atoms with van der Waals surface area (Å²) < 4.78 is 14.0. The molecule has 0 atom stereocenters. The fourth-order valence-corrected chi connectivity index (χ4v) is 2.02. The molecular weight excluding hydrogens is 265 g/mol. The molecule has 0 saturated carbocycles. The number of hydrogen-bond donors (Lipinski definition) is 1. The summed E-state index contributed by atoms with van der Waals surface area (Å²) in [5.74, 6) is 5.30. The molecule has 2 N–H and O–H groups in total. The summed E-state index contributed by atoms with van der Waals surface area (Å²) in [4.78, 5) is 6.28. The van der Waals surface area contributed by atoms with Crippen molar-refractivity contribution in [3.8, 4) is 11.8 Å². The highest BCUT2D eigenvalue weighted by Crippen LogP contribution is 2.13. The van der Waals surface area contributed by atoms with Crippen LogP contribution in [0.4, 0.5) is 4.39 Å². The second kappa shape index (κ2) is 7.53. The molecule has 0 radical (unpaired) electrons. The maximum atomic E-state index is 14.0. The zero-order chi connectivity index (χ0) is 15.1. The van der Waals surface area contributed by atoms with Crippen LogP contribution in [0.1, 0.15) is 16.8 Å². The summed E-state index contributed by atoms with van der Waals surface area (Å²) in [6.45, 7) is 1.47. The number of halogens is 1. The Morgan fingerprint density at radius 2 is 2.10 bits per heavy atom. The normalized spacial score (nSPS) is 10.3. The van der Waals surface area contributed by atoms with Gasteiger partial charge in [0, 0.05) is 30.4 Å². The molecule has 4 heteroatoms. The summed E-state index contributed by atoms with van der Waals surface area (Å²) >= 11 is 0. The molecule has 1 aromatic heterocycles. The van der Waals surface area contributed by atoms with Crippen molar-refractivity contribution in [1.82, 2.24) is 9.88 Å². The Labute approximate surface area is 124 Å². The summed E-state index contributed by atoms with van der Waals surface area (Å²) in [6, 6.07) is 10.8. The maximum absolute atomic E-state index is 14.0. The first kappa shape index (κ1) is 15.2. The lowest BCUT2D eigenvalue weighted by atomic mass is 10.1. The number of hydrogen-bond acceptors (Lipinski definition) is 3. The minimum atomic E-state index is -0.244. The van der Waals surface area contributed by atoms with Gasteiger partial charge in [-0.1, -0.05) is 24.0 Å². The SMILES string of the molecule is CN(Cc1ccccn1)Cc1ccc(C#CCN)cc1F. The molecule has 0 spiro atoms. The molecule has 0 fully saturated rings. The highest BCUT2D eigenvalue weighted by molar-refractivity contribution is 5.37. The molecule has 0 bridgehead atoms. The topological polar surface area (TPSA) is 42.2 Å². The smallest absolute Gasteiger partial charge is 0.128 e. The van der Waals surface area contributed by atoms with Crippen LogP contribution in [0.5, 0.6) is 0 Å². The lowest BCUT2D eigenvalue weighted by Gasteiger charge is -2.16. The molecule has 21 heavy (non-hydrogen) atoms. The Hall–Kier alpha value is -2.22. The molecule has 2 aromatic rings. The fourth-order valence-electron chi connectivity index (χ4n) is 2.02. The van der Waals surface area contributed by atoms with E-state index in [9.17, 15) is 4.39 Å². The predicted octanol–water partition coefficient (Wildman–Crippen LogP) is 2.16.